The van der Waals surface area contributed by atoms with E-state index in [9.17, 15) is 4.79 Å². The third-order valence-corrected chi connectivity index (χ3v) is 8.52. The maximum Gasteiger partial charge on any atom is 0.265 e. The van der Waals surface area contributed by atoms with E-state index in [2.05, 4.69) is 71.6 Å². The van der Waals surface area contributed by atoms with Crippen molar-refractivity contribution in [3.63, 3.8) is 0 Å². The van der Waals surface area contributed by atoms with Gasteiger partial charge in [0.1, 0.15) is 21.3 Å². The molecule has 2 atom stereocenters. The van der Waals surface area contributed by atoms with Gasteiger partial charge in [0.2, 0.25) is 0 Å². The van der Waals surface area contributed by atoms with Crippen LogP contribution in [-0.4, -0.2) is 32.9 Å². The first-order valence-electron chi connectivity index (χ1n) is 13.1. The van der Waals surface area contributed by atoms with Gasteiger partial charge in [0.25, 0.3) is 5.91 Å². The topological polar surface area (TPSA) is 83.0 Å². The Bertz CT molecular complexity index is 1340. The fourth-order valence-electron chi connectivity index (χ4n) is 5.40. The van der Waals surface area contributed by atoms with Gasteiger partial charge >= 0.3 is 0 Å². The lowest BCUT2D eigenvalue weighted by molar-refractivity contribution is 0.0984. The molecule has 0 saturated carbocycles. The zero-order chi connectivity index (χ0) is 27.1. The lowest BCUT2D eigenvalue weighted by Gasteiger charge is -2.34. The molecule has 5 rings (SSSR count). The molecule has 38 heavy (non-hydrogen) atoms. The summed E-state index contributed by atoms with van der Waals surface area (Å²) in [5.41, 5.74) is 2.30. The standard InChI is InChI=1S/C29H35BrN6OS/c1-28(2,3)22-15-13-19-26(33-22)36-17-18(16-29(36,4)5)12-14-21(20-8-6-9-23(30)31-20)32-24-10-7-11-25(34-24)38-35-27(19)37/h6-11,13,15,18,21H,12,14,16-17H2,1-5H3,(H,32,34)(H,35,37). The highest BCUT2D eigenvalue weighted by Gasteiger charge is 2.41. The van der Waals surface area contributed by atoms with Crippen molar-refractivity contribution in [1.82, 2.24) is 19.7 Å². The zero-order valence-electron chi connectivity index (χ0n) is 22.6. The third kappa shape index (κ3) is 5.83. The molecule has 2 aliphatic heterocycles. The molecule has 1 saturated heterocycles. The van der Waals surface area contributed by atoms with Crippen LogP contribution in [0.15, 0.2) is 58.2 Å². The summed E-state index contributed by atoms with van der Waals surface area (Å²) in [4.78, 5) is 30.5. The average Bonchev–Trinajstić information content (AvgIpc) is 3.17. The Hall–Kier alpha value is -2.65. The van der Waals surface area contributed by atoms with E-state index in [1.54, 1.807) is 0 Å². The number of hydrogen-bond acceptors (Lipinski definition) is 7. The Morgan fingerprint density at radius 3 is 2.58 bits per heavy atom. The first kappa shape index (κ1) is 26.9. The molecular weight excluding hydrogens is 560 g/mol. The number of halogens is 1. The van der Waals surface area contributed by atoms with Gasteiger partial charge < -0.3 is 10.2 Å². The number of anilines is 2. The molecule has 1 amide bonds. The quantitative estimate of drug-likeness (QED) is 0.233. The Morgan fingerprint density at radius 2 is 1.82 bits per heavy atom. The molecule has 3 aromatic heterocycles. The second-order valence-corrected chi connectivity index (χ2v) is 13.5. The minimum absolute atomic E-state index is 0.00929. The Morgan fingerprint density at radius 1 is 1.03 bits per heavy atom. The number of pyridine rings is 3. The number of nitrogens with one attached hydrogen (secondary N) is 2. The van der Waals surface area contributed by atoms with Gasteiger partial charge in [-0.1, -0.05) is 32.9 Å². The molecule has 4 bridgehead atoms. The van der Waals surface area contributed by atoms with E-state index in [0.717, 1.165) is 53.4 Å². The highest BCUT2D eigenvalue weighted by Crippen LogP contribution is 2.41. The molecule has 0 radical (unpaired) electrons. The zero-order valence-corrected chi connectivity index (χ0v) is 25.0. The van der Waals surface area contributed by atoms with E-state index < -0.39 is 0 Å². The second kappa shape index (κ2) is 10.5. The monoisotopic (exact) mass is 594 g/mol. The maximum atomic E-state index is 13.5. The summed E-state index contributed by atoms with van der Waals surface area (Å²) in [7, 11) is 0. The molecule has 0 aromatic carbocycles. The summed E-state index contributed by atoms with van der Waals surface area (Å²) in [5.74, 6) is 1.82. The molecule has 0 aliphatic carbocycles. The molecule has 1 fully saturated rings. The van der Waals surface area contributed by atoms with Crippen LogP contribution in [0.4, 0.5) is 11.6 Å². The summed E-state index contributed by atoms with van der Waals surface area (Å²) in [6, 6.07) is 15.8. The van der Waals surface area contributed by atoms with Gasteiger partial charge in [0.15, 0.2) is 0 Å². The van der Waals surface area contributed by atoms with Crippen molar-refractivity contribution < 1.29 is 4.79 Å². The van der Waals surface area contributed by atoms with Gasteiger partial charge in [-0.25, -0.2) is 15.0 Å². The van der Waals surface area contributed by atoms with Crippen LogP contribution >= 0.6 is 27.9 Å². The van der Waals surface area contributed by atoms with E-state index in [-0.39, 0.29) is 22.9 Å². The minimum Gasteiger partial charge on any atom is -0.362 e. The molecule has 9 heteroatoms. The van der Waals surface area contributed by atoms with Crippen LogP contribution in [0.3, 0.4) is 0 Å². The van der Waals surface area contributed by atoms with Crippen molar-refractivity contribution >= 4 is 45.4 Å². The number of rotatable bonds is 1. The van der Waals surface area contributed by atoms with E-state index in [1.807, 2.05) is 42.5 Å². The van der Waals surface area contributed by atoms with E-state index >= 15 is 0 Å². The van der Waals surface area contributed by atoms with Crippen LogP contribution in [0, 0.1) is 5.92 Å². The van der Waals surface area contributed by atoms with Crippen molar-refractivity contribution in [2.45, 2.75) is 75.9 Å². The van der Waals surface area contributed by atoms with E-state index in [1.165, 1.54) is 11.9 Å². The van der Waals surface area contributed by atoms with Gasteiger partial charge in [-0.15, -0.1) is 0 Å². The largest absolute Gasteiger partial charge is 0.362 e. The van der Waals surface area contributed by atoms with Gasteiger partial charge in [-0.3, -0.25) is 9.52 Å². The van der Waals surface area contributed by atoms with Crippen LogP contribution < -0.4 is 14.9 Å². The van der Waals surface area contributed by atoms with Crippen LogP contribution in [-0.2, 0) is 5.41 Å². The highest BCUT2D eigenvalue weighted by molar-refractivity contribution is 9.10. The lowest BCUT2D eigenvalue weighted by Crippen LogP contribution is -2.40. The third-order valence-electron chi connectivity index (χ3n) is 7.35. The molecule has 3 aromatic rings. The molecule has 2 unspecified atom stereocenters. The van der Waals surface area contributed by atoms with Crippen molar-refractivity contribution in [1.29, 1.82) is 0 Å². The predicted octanol–water partition coefficient (Wildman–Crippen LogP) is 6.92. The summed E-state index contributed by atoms with van der Waals surface area (Å²) in [6.07, 6.45) is 2.95. The number of amides is 1. The summed E-state index contributed by atoms with van der Waals surface area (Å²) >= 11 is 4.76. The molecule has 200 valence electrons. The number of aromatic nitrogens is 3. The minimum atomic E-state index is -0.163. The molecule has 7 nitrogen and oxygen atoms in total. The SMILES string of the molecule is CC(C)(C)c1ccc2c(n1)N1CC(CCC(c3cccc(Br)n3)Nc3cccc(n3)SNC2=O)CC1(C)C. The van der Waals surface area contributed by atoms with Crippen molar-refractivity contribution in [3.05, 3.63) is 70.1 Å². The fraction of sp³-hybridized carbons (Fsp3) is 0.448. The van der Waals surface area contributed by atoms with Gasteiger partial charge in [-0.2, -0.15) is 0 Å². The van der Waals surface area contributed by atoms with Crippen LogP contribution in [0.1, 0.15) is 81.7 Å². The summed E-state index contributed by atoms with van der Waals surface area (Å²) < 4.78 is 3.83. The van der Waals surface area contributed by atoms with Crippen molar-refractivity contribution in [2.75, 3.05) is 16.8 Å². The molecule has 2 aliphatic rings. The van der Waals surface area contributed by atoms with E-state index in [4.69, 9.17) is 15.0 Å². The molecular formula is C29H35BrN6OS. The van der Waals surface area contributed by atoms with Crippen LogP contribution in [0.5, 0.6) is 0 Å². The average molecular weight is 596 g/mol. The Kier molecular flexibility index (Phi) is 7.44. The lowest BCUT2D eigenvalue weighted by atomic mass is 9.90. The number of fused-ring (bicyclic) bond motifs is 6. The highest BCUT2D eigenvalue weighted by atomic mass is 79.9. The number of nitrogens with zero attached hydrogens (tertiary/aromatic N) is 4. The Labute approximate surface area is 237 Å². The van der Waals surface area contributed by atoms with E-state index in [0.29, 0.717) is 16.5 Å². The maximum absolute atomic E-state index is 13.5. The van der Waals surface area contributed by atoms with Gasteiger partial charge in [-0.05, 0) is 91.4 Å². The normalized spacial score (nSPS) is 21.5. The van der Waals surface area contributed by atoms with Crippen molar-refractivity contribution in [3.8, 4) is 0 Å². The summed E-state index contributed by atoms with van der Waals surface area (Å²) in [5, 5.41) is 4.33. The predicted molar refractivity (Wildman–Crippen MR) is 158 cm³/mol. The summed E-state index contributed by atoms with van der Waals surface area (Å²) in [6.45, 7) is 11.8. The van der Waals surface area contributed by atoms with Crippen molar-refractivity contribution in [2.24, 2.45) is 5.92 Å². The van der Waals surface area contributed by atoms with Gasteiger partial charge in [0, 0.05) is 35.1 Å². The number of carbonyl (C=O) groups excluding carboxylic acids is 1. The second-order valence-electron chi connectivity index (χ2n) is 11.9. The molecule has 2 N–H and O–H groups in total. The van der Waals surface area contributed by atoms with Crippen LogP contribution in [0.2, 0.25) is 0 Å². The Balaban J connectivity index is 1.56. The number of carbonyl (C=O) groups is 1. The first-order valence-corrected chi connectivity index (χ1v) is 14.7. The fourth-order valence-corrected chi connectivity index (χ4v) is 6.36. The number of hydrogen-bond donors (Lipinski definition) is 2. The van der Waals surface area contributed by atoms with Crippen LogP contribution in [0.25, 0.3) is 0 Å². The van der Waals surface area contributed by atoms with Gasteiger partial charge in [0.05, 0.1) is 17.3 Å². The molecule has 5 heterocycles. The smallest absolute Gasteiger partial charge is 0.265 e. The first-order chi connectivity index (χ1) is 18.0. The molecule has 0 spiro atoms.